The van der Waals surface area contributed by atoms with E-state index in [2.05, 4.69) is 5.10 Å². The van der Waals surface area contributed by atoms with Gasteiger partial charge in [0.15, 0.2) is 0 Å². The molecule has 3 nitrogen and oxygen atoms in total. The zero-order valence-electron chi connectivity index (χ0n) is 11.1. The maximum atomic E-state index is 12.8. The molecule has 0 bridgehead atoms. The molecule has 0 aliphatic heterocycles. The maximum absolute atomic E-state index is 12.8. The van der Waals surface area contributed by atoms with Crippen molar-refractivity contribution in [3.63, 3.8) is 0 Å². The summed E-state index contributed by atoms with van der Waals surface area (Å²) in [7, 11) is 0. The standard InChI is InChI=1S/C15H12F3N3/c16-15(17,18)13-4-3-11(6-19)14(5-13)12-7-20-21(9-12)8-10-1-2-10/h3-5,7,9-10H,1-2,8H2. The molecule has 0 spiro atoms. The minimum atomic E-state index is -4.42. The van der Waals surface area contributed by atoms with Crippen LogP contribution in [0.4, 0.5) is 13.2 Å². The predicted octanol–water partition coefficient (Wildman–Crippen LogP) is 3.85. The summed E-state index contributed by atoms with van der Waals surface area (Å²) in [5.41, 5.74) is 0.271. The molecule has 0 radical (unpaired) electrons. The van der Waals surface area contributed by atoms with Crippen molar-refractivity contribution in [3.8, 4) is 17.2 Å². The molecule has 0 N–H and O–H groups in total. The van der Waals surface area contributed by atoms with Crippen LogP contribution in [0.1, 0.15) is 24.0 Å². The molecule has 1 aromatic carbocycles. The van der Waals surface area contributed by atoms with Gasteiger partial charge in [-0.2, -0.15) is 23.5 Å². The third kappa shape index (κ3) is 2.92. The fourth-order valence-electron chi connectivity index (χ4n) is 2.22. The van der Waals surface area contributed by atoms with Crippen LogP contribution in [0.25, 0.3) is 11.1 Å². The third-order valence-corrected chi connectivity index (χ3v) is 3.55. The molecule has 0 atom stereocenters. The molecular weight excluding hydrogens is 279 g/mol. The highest BCUT2D eigenvalue weighted by Gasteiger charge is 2.31. The lowest BCUT2D eigenvalue weighted by Gasteiger charge is -2.09. The van der Waals surface area contributed by atoms with Crippen LogP contribution in [0.15, 0.2) is 30.6 Å². The summed E-state index contributed by atoms with van der Waals surface area (Å²) in [5.74, 6) is 0.620. The number of aromatic nitrogens is 2. The number of rotatable bonds is 3. The largest absolute Gasteiger partial charge is 0.416 e. The number of halogens is 3. The van der Waals surface area contributed by atoms with Crippen molar-refractivity contribution in [1.29, 1.82) is 5.26 Å². The zero-order chi connectivity index (χ0) is 15.0. The number of alkyl halides is 3. The average Bonchev–Trinajstić information content (AvgIpc) is 3.13. The van der Waals surface area contributed by atoms with Gasteiger partial charge in [0, 0.05) is 23.9 Å². The van der Waals surface area contributed by atoms with Gasteiger partial charge in [-0.15, -0.1) is 0 Å². The van der Waals surface area contributed by atoms with Gasteiger partial charge < -0.3 is 0 Å². The Kier molecular flexibility index (Phi) is 3.20. The van der Waals surface area contributed by atoms with Gasteiger partial charge in [-0.25, -0.2) is 0 Å². The molecule has 3 rings (SSSR count). The van der Waals surface area contributed by atoms with Gasteiger partial charge in [-0.3, -0.25) is 4.68 Å². The number of nitriles is 1. The van der Waals surface area contributed by atoms with Crippen molar-refractivity contribution in [2.45, 2.75) is 25.6 Å². The van der Waals surface area contributed by atoms with E-state index in [1.54, 1.807) is 10.9 Å². The quantitative estimate of drug-likeness (QED) is 0.862. The van der Waals surface area contributed by atoms with E-state index >= 15 is 0 Å². The highest BCUT2D eigenvalue weighted by Crippen LogP contribution is 2.34. The van der Waals surface area contributed by atoms with Crippen LogP contribution in [-0.2, 0) is 12.7 Å². The van der Waals surface area contributed by atoms with Gasteiger partial charge in [-0.05, 0) is 37.0 Å². The molecule has 0 saturated heterocycles. The Morgan fingerprint density at radius 2 is 2.10 bits per heavy atom. The van der Waals surface area contributed by atoms with Crippen molar-refractivity contribution < 1.29 is 13.2 Å². The van der Waals surface area contributed by atoms with E-state index < -0.39 is 11.7 Å². The number of nitrogens with zero attached hydrogens (tertiary/aromatic N) is 3. The van der Waals surface area contributed by atoms with E-state index in [9.17, 15) is 13.2 Å². The minimum Gasteiger partial charge on any atom is -0.272 e. The van der Waals surface area contributed by atoms with Crippen LogP contribution < -0.4 is 0 Å². The third-order valence-electron chi connectivity index (χ3n) is 3.55. The van der Waals surface area contributed by atoms with Crippen molar-refractivity contribution >= 4 is 0 Å². The van der Waals surface area contributed by atoms with Crippen LogP contribution in [0.2, 0.25) is 0 Å². The Morgan fingerprint density at radius 1 is 1.33 bits per heavy atom. The van der Waals surface area contributed by atoms with Gasteiger partial charge in [0.05, 0.1) is 23.4 Å². The van der Waals surface area contributed by atoms with E-state index in [1.165, 1.54) is 25.1 Å². The lowest BCUT2D eigenvalue weighted by Crippen LogP contribution is -2.05. The topological polar surface area (TPSA) is 41.6 Å². The molecule has 1 aliphatic carbocycles. The molecule has 6 heteroatoms. The normalized spacial score (nSPS) is 15.0. The Balaban J connectivity index is 1.99. The van der Waals surface area contributed by atoms with E-state index in [1.807, 2.05) is 6.07 Å². The van der Waals surface area contributed by atoms with Crippen LogP contribution in [-0.4, -0.2) is 9.78 Å². The fraction of sp³-hybridized carbons (Fsp3) is 0.333. The lowest BCUT2D eigenvalue weighted by atomic mass is 10.00. The minimum absolute atomic E-state index is 0.217. The first kappa shape index (κ1) is 13.7. The van der Waals surface area contributed by atoms with Crippen LogP contribution >= 0.6 is 0 Å². The monoisotopic (exact) mass is 291 g/mol. The van der Waals surface area contributed by atoms with E-state index in [0.29, 0.717) is 11.5 Å². The van der Waals surface area contributed by atoms with E-state index in [-0.39, 0.29) is 11.1 Å². The molecule has 1 saturated carbocycles. The summed E-state index contributed by atoms with van der Waals surface area (Å²) in [6, 6.07) is 5.07. The molecule has 1 aliphatic rings. The molecule has 1 fully saturated rings. The number of hydrogen-bond acceptors (Lipinski definition) is 2. The number of hydrogen-bond donors (Lipinski definition) is 0. The molecule has 2 aromatic rings. The number of benzene rings is 1. The summed E-state index contributed by atoms with van der Waals surface area (Å²) >= 11 is 0. The summed E-state index contributed by atoms with van der Waals surface area (Å²) < 4.78 is 40.1. The van der Waals surface area contributed by atoms with Gasteiger partial charge in [-0.1, -0.05) is 0 Å². The van der Waals surface area contributed by atoms with Crippen molar-refractivity contribution in [3.05, 3.63) is 41.7 Å². The Hall–Kier alpha value is -2.29. The van der Waals surface area contributed by atoms with E-state index in [4.69, 9.17) is 5.26 Å². The summed E-state index contributed by atoms with van der Waals surface area (Å²) in [5, 5.41) is 13.2. The molecule has 0 unspecified atom stereocenters. The molecule has 0 amide bonds. The fourth-order valence-corrected chi connectivity index (χ4v) is 2.22. The Bertz CT molecular complexity index is 706. The first-order valence-electron chi connectivity index (χ1n) is 6.61. The van der Waals surface area contributed by atoms with Gasteiger partial charge >= 0.3 is 6.18 Å². The van der Waals surface area contributed by atoms with Crippen LogP contribution in [0.5, 0.6) is 0 Å². The predicted molar refractivity (Wildman–Crippen MR) is 70.1 cm³/mol. The van der Waals surface area contributed by atoms with Gasteiger partial charge in [0.25, 0.3) is 0 Å². The first-order chi connectivity index (χ1) is 9.97. The maximum Gasteiger partial charge on any atom is 0.416 e. The summed E-state index contributed by atoms with van der Waals surface area (Å²) in [6.45, 7) is 0.779. The second kappa shape index (κ2) is 4.92. The first-order valence-corrected chi connectivity index (χ1v) is 6.61. The Labute approximate surface area is 119 Å². The van der Waals surface area contributed by atoms with Crippen molar-refractivity contribution in [2.75, 3.05) is 0 Å². The Morgan fingerprint density at radius 3 is 2.71 bits per heavy atom. The molecule has 1 aromatic heterocycles. The van der Waals surface area contributed by atoms with Crippen LogP contribution in [0, 0.1) is 17.2 Å². The molecule has 21 heavy (non-hydrogen) atoms. The SMILES string of the molecule is N#Cc1ccc(C(F)(F)F)cc1-c1cnn(CC2CC2)c1. The highest BCUT2D eigenvalue weighted by molar-refractivity contribution is 5.70. The van der Waals surface area contributed by atoms with Crippen molar-refractivity contribution in [1.82, 2.24) is 9.78 Å². The second-order valence-electron chi connectivity index (χ2n) is 5.26. The van der Waals surface area contributed by atoms with Crippen molar-refractivity contribution in [2.24, 2.45) is 5.92 Å². The molecular formula is C15H12F3N3. The smallest absolute Gasteiger partial charge is 0.272 e. The van der Waals surface area contributed by atoms with Gasteiger partial charge in [0.1, 0.15) is 0 Å². The summed E-state index contributed by atoms with van der Waals surface area (Å²) in [6.07, 6.45) is 1.13. The molecule has 108 valence electrons. The molecule has 1 heterocycles. The van der Waals surface area contributed by atoms with Crippen LogP contribution in [0.3, 0.4) is 0 Å². The van der Waals surface area contributed by atoms with E-state index in [0.717, 1.165) is 18.7 Å². The lowest BCUT2D eigenvalue weighted by molar-refractivity contribution is -0.137. The summed E-state index contributed by atoms with van der Waals surface area (Å²) in [4.78, 5) is 0. The van der Waals surface area contributed by atoms with Gasteiger partial charge in [0.2, 0.25) is 0 Å². The second-order valence-corrected chi connectivity index (χ2v) is 5.26. The zero-order valence-corrected chi connectivity index (χ0v) is 11.1. The average molecular weight is 291 g/mol. The highest BCUT2D eigenvalue weighted by atomic mass is 19.4.